The van der Waals surface area contributed by atoms with E-state index >= 15 is 0 Å². The molecular weight excluding hydrogens is 499 g/mol. The van der Waals surface area contributed by atoms with E-state index in [1.165, 1.54) is 31.2 Å². The van der Waals surface area contributed by atoms with Crippen LogP contribution in [-0.4, -0.2) is 46.2 Å². The topological polar surface area (TPSA) is 94.6 Å². The summed E-state index contributed by atoms with van der Waals surface area (Å²) in [4.78, 5) is 27.8. The Hall–Kier alpha value is -3.96. The van der Waals surface area contributed by atoms with E-state index in [0.29, 0.717) is 17.6 Å². The first-order valence-corrected chi connectivity index (χ1v) is 11.3. The van der Waals surface area contributed by atoms with Crippen LogP contribution in [0.2, 0.25) is 0 Å². The Labute approximate surface area is 210 Å². The molecule has 0 saturated heterocycles. The van der Waals surface area contributed by atoms with Gasteiger partial charge in [-0.2, -0.15) is 13.2 Å². The van der Waals surface area contributed by atoms with Gasteiger partial charge in [0.2, 0.25) is 5.91 Å². The van der Waals surface area contributed by atoms with Crippen molar-refractivity contribution in [3.8, 4) is 5.75 Å². The number of amides is 3. The minimum Gasteiger partial charge on any atom is -0.505 e. The maximum atomic E-state index is 13.1. The zero-order valence-electron chi connectivity index (χ0n) is 20.2. The zero-order chi connectivity index (χ0) is 27.6. The standard InChI is InChI=1S/C14H18F4N2O2.C11H9FN2O/c1-2-7-20(8-6-14(16,17)18)13(22)19-9-10-4-3-5-11(15)12(10)21;1-7(15)14-11-5-9-4-10(12)3-2-8(9)6-13-11/h3-5,21H,2,6-9H2,1H3,(H,19,22);2-6H,1H3,(H,13,14,15). The van der Waals surface area contributed by atoms with Crippen molar-refractivity contribution in [2.24, 2.45) is 0 Å². The van der Waals surface area contributed by atoms with Crippen LogP contribution in [0.15, 0.2) is 48.7 Å². The lowest BCUT2D eigenvalue weighted by Gasteiger charge is -2.23. The summed E-state index contributed by atoms with van der Waals surface area (Å²) in [5.74, 6) is -1.48. The van der Waals surface area contributed by atoms with E-state index < -0.39 is 36.7 Å². The fourth-order valence-corrected chi connectivity index (χ4v) is 3.19. The van der Waals surface area contributed by atoms with Gasteiger partial charge in [-0.25, -0.2) is 18.6 Å². The van der Waals surface area contributed by atoms with Crippen molar-refractivity contribution in [3.63, 3.8) is 0 Å². The number of para-hydroxylation sites is 1. The van der Waals surface area contributed by atoms with Gasteiger partial charge in [-0.1, -0.05) is 19.1 Å². The largest absolute Gasteiger partial charge is 0.505 e. The Bertz CT molecular complexity index is 1220. The number of rotatable bonds is 7. The van der Waals surface area contributed by atoms with Crippen molar-refractivity contribution in [3.05, 3.63) is 65.9 Å². The summed E-state index contributed by atoms with van der Waals surface area (Å²) in [7, 11) is 0. The summed E-state index contributed by atoms with van der Waals surface area (Å²) in [5.41, 5.74) is 0.153. The molecule has 12 heteroatoms. The summed E-state index contributed by atoms with van der Waals surface area (Å²) >= 11 is 0. The fourth-order valence-electron chi connectivity index (χ4n) is 3.19. The molecule has 0 fully saturated rings. The summed E-state index contributed by atoms with van der Waals surface area (Å²) < 4.78 is 62.8. The minimum absolute atomic E-state index is 0.153. The number of carbonyl (C=O) groups is 2. The van der Waals surface area contributed by atoms with E-state index in [1.54, 1.807) is 25.3 Å². The van der Waals surface area contributed by atoms with Crippen LogP contribution in [-0.2, 0) is 11.3 Å². The van der Waals surface area contributed by atoms with Crippen molar-refractivity contribution in [1.82, 2.24) is 15.2 Å². The molecule has 1 aromatic heterocycles. The number of phenolic OH excluding ortho intramolecular Hbond substituents is 1. The molecule has 0 aliphatic rings. The van der Waals surface area contributed by atoms with Crippen LogP contribution in [0.3, 0.4) is 0 Å². The van der Waals surface area contributed by atoms with Gasteiger partial charge in [0.25, 0.3) is 0 Å². The van der Waals surface area contributed by atoms with Gasteiger partial charge in [0.15, 0.2) is 11.6 Å². The van der Waals surface area contributed by atoms with E-state index in [-0.39, 0.29) is 30.4 Å². The molecule has 0 saturated carbocycles. The number of anilines is 1. The molecule has 37 heavy (non-hydrogen) atoms. The average molecular weight is 527 g/mol. The van der Waals surface area contributed by atoms with Gasteiger partial charge < -0.3 is 20.6 Å². The molecule has 3 amide bonds. The molecule has 200 valence electrons. The van der Waals surface area contributed by atoms with Gasteiger partial charge in [0, 0.05) is 43.7 Å². The molecule has 3 N–H and O–H groups in total. The fraction of sp³-hybridized carbons (Fsp3) is 0.320. The third-order valence-electron chi connectivity index (χ3n) is 4.93. The van der Waals surface area contributed by atoms with Crippen molar-refractivity contribution >= 4 is 28.5 Å². The summed E-state index contributed by atoms with van der Waals surface area (Å²) in [5, 5.41) is 16.0. The number of hydrogen-bond acceptors (Lipinski definition) is 4. The van der Waals surface area contributed by atoms with Crippen LogP contribution in [0.4, 0.5) is 32.6 Å². The molecule has 0 bridgehead atoms. The van der Waals surface area contributed by atoms with Gasteiger partial charge in [-0.15, -0.1) is 0 Å². The maximum Gasteiger partial charge on any atom is 0.390 e. The number of halogens is 5. The normalized spacial score (nSPS) is 10.9. The summed E-state index contributed by atoms with van der Waals surface area (Å²) in [6.07, 6.45) is -3.32. The van der Waals surface area contributed by atoms with Gasteiger partial charge in [0.1, 0.15) is 11.6 Å². The minimum atomic E-state index is -4.34. The van der Waals surface area contributed by atoms with E-state index in [9.17, 15) is 36.6 Å². The second-order valence-electron chi connectivity index (χ2n) is 8.00. The number of phenols is 1. The highest BCUT2D eigenvalue weighted by atomic mass is 19.4. The second-order valence-corrected chi connectivity index (χ2v) is 8.00. The zero-order valence-corrected chi connectivity index (χ0v) is 20.2. The molecule has 3 aromatic rings. The van der Waals surface area contributed by atoms with Crippen LogP contribution in [0.1, 0.15) is 32.3 Å². The number of benzene rings is 2. The van der Waals surface area contributed by atoms with Gasteiger partial charge in [-0.3, -0.25) is 4.79 Å². The first kappa shape index (κ1) is 29.3. The summed E-state index contributed by atoms with van der Waals surface area (Å²) in [6.45, 7) is 2.70. The number of nitrogens with zero attached hydrogens (tertiary/aromatic N) is 2. The van der Waals surface area contributed by atoms with Gasteiger partial charge >= 0.3 is 12.2 Å². The van der Waals surface area contributed by atoms with Crippen LogP contribution in [0, 0.1) is 11.6 Å². The predicted molar refractivity (Wildman–Crippen MR) is 129 cm³/mol. The predicted octanol–water partition coefficient (Wildman–Crippen LogP) is 5.74. The molecular formula is C25H27F5N4O3. The van der Waals surface area contributed by atoms with Crippen LogP contribution >= 0.6 is 0 Å². The molecule has 3 rings (SSSR count). The lowest BCUT2D eigenvalue weighted by molar-refractivity contribution is -0.136. The van der Waals surface area contributed by atoms with Crippen LogP contribution in [0.5, 0.6) is 5.75 Å². The molecule has 0 aliphatic heterocycles. The van der Waals surface area contributed by atoms with Gasteiger partial charge in [-0.05, 0) is 42.1 Å². The number of nitrogens with one attached hydrogen (secondary N) is 2. The first-order chi connectivity index (χ1) is 17.4. The molecule has 0 radical (unpaired) electrons. The number of alkyl halides is 3. The highest BCUT2D eigenvalue weighted by molar-refractivity contribution is 5.91. The molecule has 1 heterocycles. The number of carbonyl (C=O) groups excluding carboxylic acids is 2. The van der Waals surface area contributed by atoms with E-state index in [0.717, 1.165) is 16.4 Å². The molecule has 0 aliphatic carbocycles. The lowest BCUT2D eigenvalue weighted by atomic mass is 10.2. The van der Waals surface area contributed by atoms with Crippen molar-refractivity contribution in [2.45, 2.75) is 39.4 Å². The van der Waals surface area contributed by atoms with Gasteiger partial charge in [0.05, 0.1) is 6.42 Å². The number of hydrogen-bond donors (Lipinski definition) is 3. The molecule has 0 spiro atoms. The Kier molecular flexibility index (Phi) is 10.6. The molecule has 0 atom stereocenters. The van der Waals surface area contributed by atoms with Crippen LogP contribution < -0.4 is 10.6 Å². The first-order valence-electron chi connectivity index (χ1n) is 11.3. The quantitative estimate of drug-likeness (QED) is 0.343. The number of urea groups is 1. The van der Waals surface area contributed by atoms with Crippen molar-refractivity contribution in [1.29, 1.82) is 0 Å². The van der Waals surface area contributed by atoms with E-state index in [1.807, 2.05) is 0 Å². The molecule has 2 aromatic carbocycles. The Morgan fingerprint density at radius 1 is 1.05 bits per heavy atom. The number of aromatic hydroxyl groups is 1. The highest BCUT2D eigenvalue weighted by Gasteiger charge is 2.28. The van der Waals surface area contributed by atoms with E-state index in [2.05, 4.69) is 15.6 Å². The van der Waals surface area contributed by atoms with Crippen molar-refractivity contribution in [2.75, 3.05) is 18.4 Å². The average Bonchev–Trinajstić information content (AvgIpc) is 2.81. The van der Waals surface area contributed by atoms with E-state index in [4.69, 9.17) is 0 Å². The molecule has 0 unspecified atom stereocenters. The third kappa shape index (κ3) is 9.90. The summed E-state index contributed by atoms with van der Waals surface area (Å²) in [6, 6.07) is 9.23. The van der Waals surface area contributed by atoms with Crippen LogP contribution in [0.25, 0.3) is 10.8 Å². The number of aromatic nitrogens is 1. The Balaban J connectivity index is 0.000000278. The number of pyridine rings is 1. The number of fused-ring (bicyclic) bond motifs is 1. The highest BCUT2D eigenvalue weighted by Crippen LogP contribution is 2.22. The SMILES string of the molecule is CC(=O)Nc1cc2cc(F)ccc2cn1.CCCN(CCC(F)(F)F)C(=O)NCc1cccc(F)c1O. The Morgan fingerprint density at radius 2 is 1.78 bits per heavy atom. The van der Waals surface area contributed by atoms with Crippen molar-refractivity contribution < 1.29 is 36.6 Å². The molecule has 7 nitrogen and oxygen atoms in total. The second kappa shape index (κ2) is 13.4. The lowest BCUT2D eigenvalue weighted by Crippen LogP contribution is -2.41. The Morgan fingerprint density at radius 3 is 2.43 bits per heavy atom. The maximum absolute atomic E-state index is 13.1. The third-order valence-corrected chi connectivity index (χ3v) is 4.93. The monoisotopic (exact) mass is 526 g/mol. The smallest absolute Gasteiger partial charge is 0.390 e.